The monoisotopic (exact) mass is 318 g/mol. The van der Waals surface area contributed by atoms with Crippen molar-refractivity contribution >= 4 is 27.3 Å². The van der Waals surface area contributed by atoms with Crippen LogP contribution in [0.25, 0.3) is 0 Å². The summed E-state index contributed by atoms with van der Waals surface area (Å²) in [6.45, 7) is 7.93. The Bertz CT molecular complexity index is 552. The summed E-state index contributed by atoms with van der Waals surface area (Å²) in [6.07, 6.45) is 0.844. The van der Waals surface area contributed by atoms with Crippen LogP contribution in [0.5, 0.6) is 0 Å². The summed E-state index contributed by atoms with van der Waals surface area (Å²) in [4.78, 5) is 14.2. The summed E-state index contributed by atoms with van der Waals surface area (Å²) >= 11 is 1.24. The van der Waals surface area contributed by atoms with Crippen LogP contribution in [0.15, 0.2) is 16.3 Å². The molecule has 1 unspecified atom stereocenters. The van der Waals surface area contributed by atoms with Crippen molar-refractivity contribution in [1.29, 1.82) is 0 Å². The van der Waals surface area contributed by atoms with Gasteiger partial charge in [-0.1, -0.05) is 6.92 Å². The summed E-state index contributed by atoms with van der Waals surface area (Å²) in [6, 6.07) is 3.49. The molecule has 7 heteroatoms. The minimum atomic E-state index is -3.46. The SMILES string of the molecule is CCC(C)N(CCNS(=O)(=O)c1ccc(C)s1)C(C)=O. The van der Waals surface area contributed by atoms with E-state index in [9.17, 15) is 13.2 Å². The Morgan fingerprint density at radius 2 is 2.10 bits per heavy atom. The van der Waals surface area contributed by atoms with Gasteiger partial charge in [0, 0.05) is 30.9 Å². The molecule has 1 amide bonds. The molecule has 0 aliphatic carbocycles. The van der Waals surface area contributed by atoms with E-state index in [1.807, 2.05) is 20.8 Å². The van der Waals surface area contributed by atoms with Crippen molar-refractivity contribution < 1.29 is 13.2 Å². The second-order valence-corrected chi connectivity index (χ2v) is 8.01. The van der Waals surface area contributed by atoms with E-state index in [1.54, 1.807) is 17.0 Å². The van der Waals surface area contributed by atoms with Crippen LogP contribution in [-0.2, 0) is 14.8 Å². The molecule has 1 aromatic rings. The second kappa shape index (κ2) is 7.19. The number of hydrogen-bond donors (Lipinski definition) is 1. The maximum atomic E-state index is 12.0. The molecule has 0 bridgehead atoms. The summed E-state index contributed by atoms with van der Waals surface area (Å²) in [5.41, 5.74) is 0. The van der Waals surface area contributed by atoms with Crippen molar-refractivity contribution in [1.82, 2.24) is 9.62 Å². The largest absolute Gasteiger partial charge is 0.339 e. The molecule has 0 aromatic carbocycles. The van der Waals surface area contributed by atoms with Gasteiger partial charge in [-0.05, 0) is 32.4 Å². The third kappa shape index (κ3) is 4.57. The van der Waals surface area contributed by atoms with Gasteiger partial charge in [0.25, 0.3) is 0 Å². The van der Waals surface area contributed by atoms with Crippen LogP contribution in [0.4, 0.5) is 0 Å². The number of hydrogen-bond acceptors (Lipinski definition) is 4. The molecule has 1 heterocycles. The van der Waals surface area contributed by atoms with Crippen LogP contribution in [-0.4, -0.2) is 38.4 Å². The van der Waals surface area contributed by atoms with E-state index in [1.165, 1.54) is 18.3 Å². The van der Waals surface area contributed by atoms with Gasteiger partial charge >= 0.3 is 0 Å². The van der Waals surface area contributed by atoms with Gasteiger partial charge in [-0.3, -0.25) is 4.79 Å². The van der Waals surface area contributed by atoms with Crippen molar-refractivity contribution in [2.75, 3.05) is 13.1 Å². The maximum absolute atomic E-state index is 12.0. The Morgan fingerprint density at radius 1 is 1.45 bits per heavy atom. The van der Waals surface area contributed by atoms with E-state index in [-0.39, 0.29) is 18.5 Å². The van der Waals surface area contributed by atoms with Crippen LogP contribution in [0.1, 0.15) is 32.1 Å². The normalized spacial score (nSPS) is 13.2. The zero-order chi connectivity index (χ0) is 15.3. The molecule has 0 saturated carbocycles. The number of amides is 1. The Kier molecular flexibility index (Phi) is 6.16. The number of nitrogens with zero attached hydrogens (tertiary/aromatic N) is 1. The third-order valence-electron chi connectivity index (χ3n) is 3.15. The summed E-state index contributed by atoms with van der Waals surface area (Å²) in [5.74, 6) is -0.0366. The minimum Gasteiger partial charge on any atom is -0.339 e. The molecule has 0 saturated heterocycles. The standard InChI is InChI=1S/C13H22N2O3S2/c1-5-10(2)15(12(4)16)9-8-14-20(17,18)13-7-6-11(3)19-13/h6-7,10,14H,5,8-9H2,1-4H3. The topological polar surface area (TPSA) is 66.5 Å². The van der Waals surface area contributed by atoms with Gasteiger partial charge in [-0.2, -0.15) is 0 Å². The lowest BCUT2D eigenvalue weighted by Crippen LogP contribution is -2.42. The highest BCUT2D eigenvalue weighted by atomic mass is 32.2. The molecule has 1 atom stereocenters. The van der Waals surface area contributed by atoms with Crippen LogP contribution >= 0.6 is 11.3 Å². The molecule has 1 rings (SSSR count). The number of nitrogens with one attached hydrogen (secondary N) is 1. The van der Waals surface area contributed by atoms with E-state index in [0.29, 0.717) is 10.8 Å². The molecule has 0 aliphatic heterocycles. The molecule has 5 nitrogen and oxygen atoms in total. The van der Waals surface area contributed by atoms with Crippen LogP contribution in [0.2, 0.25) is 0 Å². The fourth-order valence-corrected chi connectivity index (χ4v) is 4.19. The lowest BCUT2D eigenvalue weighted by atomic mass is 10.2. The van der Waals surface area contributed by atoms with Crippen LogP contribution in [0, 0.1) is 6.92 Å². The molecule has 0 aliphatic rings. The zero-order valence-electron chi connectivity index (χ0n) is 12.3. The summed E-state index contributed by atoms with van der Waals surface area (Å²) in [7, 11) is -3.46. The molecule has 20 heavy (non-hydrogen) atoms. The summed E-state index contributed by atoms with van der Waals surface area (Å²) < 4.78 is 26.9. The smallest absolute Gasteiger partial charge is 0.250 e. The molecule has 1 N–H and O–H groups in total. The van der Waals surface area contributed by atoms with E-state index >= 15 is 0 Å². The second-order valence-electron chi connectivity index (χ2n) is 4.73. The lowest BCUT2D eigenvalue weighted by Gasteiger charge is -2.27. The molecular formula is C13H22N2O3S2. The van der Waals surface area contributed by atoms with Gasteiger partial charge in [0.15, 0.2) is 0 Å². The van der Waals surface area contributed by atoms with Crippen LogP contribution < -0.4 is 4.72 Å². The van der Waals surface area contributed by atoms with Gasteiger partial charge in [-0.15, -0.1) is 11.3 Å². The van der Waals surface area contributed by atoms with Gasteiger partial charge in [0.2, 0.25) is 15.9 Å². The van der Waals surface area contributed by atoms with Crippen molar-refractivity contribution in [3.8, 4) is 0 Å². The average molecular weight is 318 g/mol. The van der Waals surface area contributed by atoms with Gasteiger partial charge in [-0.25, -0.2) is 13.1 Å². The predicted molar refractivity (Wildman–Crippen MR) is 81.4 cm³/mol. The van der Waals surface area contributed by atoms with Crippen molar-refractivity contribution in [2.24, 2.45) is 0 Å². The Labute approximate surface area is 125 Å². The fraction of sp³-hybridized carbons (Fsp3) is 0.615. The number of thiophene rings is 1. The van der Waals surface area contributed by atoms with E-state index < -0.39 is 10.0 Å². The first kappa shape index (κ1) is 17.1. The highest BCUT2D eigenvalue weighted by Gasteiger charge is 2.18. The molecular weight excluding hydrogens is 296 g/mol. The fourth-order valence-electron chi connectivity index (χ4n) is 1.84. The number of sulfonamides is 1. The maximum Gasteiger partial charge on any atom is 0.250 e. The molecule has 114 valence electrons. The quantitative estimate of drug-likeness (QED) is 0.836. The van der Waals surface area contributed by atoms with Gasteiger partial charge < -0.3 is 4.90 Å². The van der Waals surface area contributed by atoms with E-state index in [4.69, 9.17) is 0 Å². The molecule has 0 radical (unpaired) electrons. The number of aryl methyl sites for hydroxylation is 1. The van der Waals surface area contributed by atoms with Gasteiger partial charge in [0.1, 0.15) is 4.21 Å². The first-order chi connectivity index (χ1) is 9.27. The van der Waals surface area contributed by atoms with Crippen molar-refractivity contribution in [2.45, 2.75) is 44.4 Å². The lowest BCUT2D eigenvalue weighted by molar-refractivity contribution is -0.130. The van der Waals surface area contributed by atoms with E-state index in [0.717, 1.165) is 11.3 Å². The highest BCUT2D eigenvalue weighted by molar-refractivity contribution is 7.91. The van der Waals surface area contributed by atoms with Crippen molar-refractivity contribution in [3.63, 3.8) is 0 Å². The Morgan fingerprint density at radius 3 is 2.55 bits per heavy atom. The first-order valence-corrected chi connectivity index (χ1v) is 8.91. The molecule has 0 spiro atoms. The first-order valence-electron chi connectivity index (χ1n) is 6.61. The van der Waals surface area contributed by atoms with Crippen LogP contribution in [0.3, 0.4) is 0 Å². The Balaban J connectivity index is 2.60. The predicted octanol–water partition coefficient (Wildman–Crippen LogP) is 1.98. The number of carbonyl (C=O) groups excluding carboxylic acids is 1. The summed E-state index contributed by atoms with van der Waals surface area (Å²) in [5, 5.41) is 0. The van der Waals surface area contributed by atoms with Gasteiger partial charge in [0.05, 0.1) is 0 Å². The minimum absolute atomic E-state index is 0.0366. The Hall–Kier alpha value is -0.920. The third-order valence-corrected chi connectivity index (χ3v) is 6.11. The van der Waals surface area contributed by atoms with E-state index in [2.05, 4.69) is 4.72 Å². The molecule has 1 aromatic heterocycles. The average Bonchev–Trinajstić information content (AvgIpc) is 2.81. The number of rotatable bonds is 7. The highest BCUT2D eigenvalue weighted by Crippen LogP contribution is 2.20. The zero-order valence-corrected chi connectivity index (χ0v) is 14.0. The molecule has 0 fully saturated rings. The number of carbonyl (C=O) groups is 1. The van der Waals surface area contributed by atoms with Crippen molar-refractivity contribution in [3.05, 3.63) is 17.0 Å².